The Morgan fingerprint density at radius 2 is 2.00 bits per heavy atom. The van der Waals surface area contributed by atoms with Crippen molar-refractivity contribution in [1.29, 1.82) is 0 Å². The molecule has 0 fully saturated rings. The van der Waals surface area contributed by atoms with Crippen LogP contribution in [0.3, 0.4) is 0 Å². The molecule has 0 unspecified atom stereocenters. The van der Waals surface area contributed by atoms with Gasteiger partial charge in [0.05, 0.1) is 10.0 Å². The number of nitrogens with two attached hydrogens (primary N) is 1. The standard InChI is InChI=1S/C16H15BrF3N7/c17-12-8-25-15(27-14(12)24-2-1-13-22-3-4-23-13)26-11-6-9(16(18,19)20)5-10(21)7-11/h3-8H,1-2,21H2,(H,22,23)(H2,24,25,26,27). The monoisotopic (exact) mass is 441 g/mol. The van der Waals surface area contributed by atoms with Gasteiger partial charge < -0.3 is 21.4 Å². The molecule has 0 bridgehead atoms. The maximum Gasteiger partial charge on any atom is 0.416 e. The zero-order valence-electron chi connectivity index (χ0n) is 13.8. The first-order valence-corrected chi connectivity index (χ1v) is 8.60. The summed E-state index contributed by atoms with van der Waals surface area (Å²) in [6.07, 6.45) is 1.06. The third-order valence-corrected chi connectivity index (χ3v) is 4.07. The van der Waals surface area contributed by atoms with Gasteiger partial charge in [-0.3, -0.25) is 0 Å². The predicted octanol–water partition coefficient (Wildman–Crippen LogP) is 3.96. The van der Waals surface area contributed by atoms with Crippen LogP contribution in [0.4, 0.5) is 36.3 Å². The maximum atomic E-state index is 12.9. The van der Waals surface area contributed by atoms with E-state index in [4.69, 9.17) is 5.73 Å². The van der Waals surface area contributed by atoms with Gasteiger partial charge in [-0.15, -0.1) is 0 Å². The summed E-state index contributed by atoms with van der Waals surface area (Å²) in [6, 6.07) is 3.20. The Morgan fingerprint density at radius 3 is 2.70 bits per heavy atom. The van der Waals surface area contributed by atoms with Crippen molar-refractivity contribution in [3.8, 4) is 0 Å². The van der Waals surface area contributed by atoms with E-state index in [1.54, 1.807) is 12.4 Å². The lowest BCUT2D eigenvalue weighted by atomic mass is 10.1. The largest absolute Gasteiger partial charge is 0.416 e. The van der Waals surface area contributed by atoms with Crippen molar-refractivity contribution in [2.45, 2.75) is 12.6 Å². The highest BCUT2D eigenvalue weighted by Crippen LogP contribution is 2.33. The fourth-order valence-electron chi connectivity index (χ4n) is 2.30. The van der Waals surface area contributed by atoms with Crippen molar-refractivity contribution in [1.82, 2.24) is 19.9 Å². The fourth-order valence-corrected chi connectivity index (χ4v) is 2.63. The fraction of sp³-hybridized carbons (Fsp3) is 0.188. The summed E-state index contributed by atoms with van der Waals surface area (Å²) in [4.78, 5) is 15.5. The second kappa shape index (κ2) is 7.82. The highest BCUT2D eigenvalue weighted by Gasteiger charge is 2.31. The van der Waals surface area contributed by atoms with Gasteiger partial charge >= 0.3 is 6.18 Å². The smallest absolute Gasteiger partial charge is 0.399 e. The van der Waals surface area contributed by atoms with Crippen molar-refractivity contribution >= 4 is 39.1 Å². The van der Waals surface area contributed by atoms with Crippen LogP contribution >= 0.6 is 15.9 Å². The number of nitrogen functional groups attached to an aromatic ring is 1. The molecule has 3 aromatic rings. The summed E-state index contributed by atoms with van der Waals surface area (Å²) in [7, 11) is 0. The van der Waals surface area contributed by atoms with Crippen LogP contribution in [0, 0.1) is 0 Å². The molecule has 0 aliphatic heterocycles. The molecule has 142 valence electrons. The minimum Gasteiger partial charge on any atom is -0.399 e. The lowest BCUT2D eigenvalue weighted by Gasteiger charge is -2.12. The van der Waals surface area contributed by atoms with Crippen molar-refractivity contribution in [2.24, 2.45) is 0 Å². The summed E-state index contributed by atoms with van der Waals surface area (Å²) >= 11 is 3.34. The lowest BCUT2D eigenvalue weighted by molar-refractivity contribution is -0.137. The first kappa shape index (κ1) is 19.0. The minimum atomic E-state index is -4.50. The van der Waals surface area contributed by atoms with Crippen molar-refractivity contribution in [3.63, 3.8) is 0 Å². The molecule has 0 amide bonds. The molecule has 7 nitrogen and oxygen atoms in total. The first-order chi connectivity index (χ1) is 12.8. The second-order valence-corrected chi connectivity index (χ2v) is 6.42. The maximum absolute atomic E-state index is 12.9. The summed E-state index contributed by atoms with van der Waals surface area (Å²) in [5.41, 5.74) is 4.85. The predicted molar refractivity (Wildman–Crippen MR) is 99.7 cm³/mol. The number of imidazole rings is 1. The van der Waals surface area contributed by atoms with E-state index >= 15 is 0 Å². The highest BCUT2D eigenvalue weighted by molar-refractivity contribution is 9.10. The first-order valence-electron chi connectivity index (χ1n) is 7.81. The molecule has 0 atom stereocenters. The molecule has 27 heavy (non-hydrogen) atoms. The quantitative estimate of drug-likeness (QED) is 0.431. The number of halogens is 4. The molecule has 3 rings (SSSR count). The van der Waals surface area contributed by atoms with Crippen LogP contribution in [0.25, 0.3) is 0 Å². The molecule has 0 saturated carbocycles. The average Bonchev–Trinajstić information content (AvgIpc) is 3.10. The van der Waals surface area contributed by atoms with E-state index in [1.807, 2.05) is 0 Å². The zero-order valence-corrected chi connectivity index (χ0v) is 15.4. The third kappa shape index (κ3) is 5.09. The van der Waals surface area contributed by atoms with Gasteiger partial charge in [0, 0.05) is 42.9 Å². The van der Waals surface area contributed by atoms with Gasteiger partial charge in [0.25, 0.3) is 0 Å². The topological polar surface area (TPSA) is 105 Å². The minimum absolute atomic E-state index is 0.0127. The van der Waals surface area contributed by atoms with E-state index < -0.39 is 11.7 Å². The van der Waals surface area contributed by atoms with Gasteiger partial charge in [-0.05, 0) is 34.1 Å². The van der Waals surface area contributed by atoms with E-state index in [0.717, 1.165) is 18.0 Å². The van der Waals surface area contributed by atoms with Crippen LogP contribution in [0.2, 0.25) is 0 Å². The number of alkyl halides is 3. The number of nitrogens with zero attached hydrogens (tertiary/aromatic N) is 3. The lowest BCUT2D eigenvalue weighted by Crippen LogP contribution is -2.10. The van der Waals surface area contributed by atoms with Crippen molar-refractivity contribution in [3.05, 3.63) is 52.7 Å². The normalized spacial score (nSPS) is 11.4. The van der Waals surface area contributed by atoms with Crippen LogP contribution in [-0.4, -0.2) is 26.5 Å². The zero-order chi connectivity index (χ0) is 19.4. The number of anilines is 4. The van der Waals surface area contributed by atoms with Crippen LogP contribution in [0.15, 0.2) is 41.3 Å². The van der Waals surface area contributed by atoms with E-state index in [2.05, 4.69) is 46.5 Å². The van der Waals surface area contributed by atoms with E-state index in [0.29, 0.717) is 23.3 Å². The molecule has 0 spiro atoms. The van der Waals surface area contributed by atoms with Crippen LogP contribution in [-0.2, 0) is 12.6 Å². The summed E-state index contributed by atoms with van der Waals surface area (Å²) in [5.74, 6) is 1.46. The average molecular weight is 442 g/mol. The van der Waals surface area contributed by atoms with Crippen molar-refractivity contribution in [2.75, 3.05) is 22.9 Å². The van der Waals surface area contributed by atoms with Gasteiger partial charge in [-0.25, -0.2) is 9.97 Å². The molecule has 11 heteroatoms. The van der Waals surface area contributed by atoms with E-state index in [-0.39, 0.29) is 17.3 Å². The Labute approximate surface area is 160 Å². The van der Waals surface area contributed by atoms with Crippen molar-refractivity contribution < 1.29 is 13.2 Å². The summed E-state index contributed by atoms with van der Waals surface area (Å²) in [6.45, 7) is 0.555. The number of benzene rings is 1. The van der Waals surface area contributed by atoms with Crippen LogP contribution in [0.1, 0.15) is 11.4 Å². The Morgan fingerprint density at radius 1 is 1.19 bits per heavy atom. The molecule has 0 radical (unpaired) electrons. The Kier molecular flexibility index (Phi) is 5.49. The molecule has 2 heterocycles. The third-order valence-electron chi connectivity index (χ3n) is 3.49. The number of nitrogens with one attached hydrogen (secondary N) is 3. The van der Waals surface area contributed by atoms with Crippen LogP contribution in [0.5, 0.6) is 0 Å². The molecule has 0 saturated heterocycles. The number of hydrogen-bond donors (Lipinski definition) is 4. The van der Waals surface area contributed by atoms with Crippen LogP contribution < -0.4 is 16.4 Å². The van der Waals surface area contributed by atoms with Gasteiger partial charge in [-0.2, -0.15) is 18.2 Å². The van der Waals surface area contributed by atoms with E-state index in [1.165, 1.54) is 12.3 Å². The van der Waals surface area contributed by atoms with Gasteiger partial charge in [0.15, 0.2) is 0 Å². The molecular weight excluding hydrogens is 427 g/mol. The molecule has 5 N–H and O–H groups in total. The summed E-state index contributed by atoms with van der Waals surface area (Å²) < 4.78 is 39.4. The Hall–Kier alpha value is -2.82. The number of hydrogen-bond acceptors (Lipinski definition) is 6. The molecule has 0 aliphatic carbocycles. The van der Waals surface area contributed by atoms with Gasteiger partial charge in [0.1, 0.15) is 11.6 Å². The van der Waals surface area contributed by atoms with Gasteiger partial charge in [-0.1, -0.05) is 0 Å². The second-order valence-electron chi connectivity index (χ2n) is 5.57. The number of aromatic amines is 1. The number of rotatable bonds is 6. The Bertz CT molecular complexity index is 913. The summed E-state index contributed by atoms with van der Waals surface area (Å²) in [5, 5.41) is 5.87. The molecule has 0 aliphatic rings. The van der Waals surface area contributed by atoms with Gasteiger partial charge in [0.2, 0.25) is 5.95 Å². The van der Waals surface area contributed by atoms with E-state index in [9.17, 15) is 13.2 Å². The highest BCUT2D eigenvalue weighted by atomic mass is 79.9. The molecule has 2 aromatic heterocycles. The number of H-pyrrole nitrogens is 1. The molecular formula is C16H15BrF3N7. The molecule has 1 aromatic carbocycles. The Balaban J connectivity index is 1.73. The SMILES string of the molecule is Nc1cc(Nc2ncc(Br)c(NCCc3ncc[nH]3)n2)cc(C(F)(F)F)c1. The number of aromatic nitrogens is 4.